The maximum atomic E-state index is 6.23. The number of nitrogens with one attached hydrogen (secondary N) is 2. The lowest BCUT2D eigenvalue weighted by Gasteiger charge is -2.06. The fourth-order valence-corrected chi connectivity index (χ4v) is 2.40. The van der Waals surface area contributed by atoms with E-state index in [1.165, 1.54) is 0 Å². The van der Waals surface area contributed by atoms with Gasteiger partial charge in [0.2, 0.25) is 0 Å². The Balaban J connectivity index is 2.35. The van der Waals surface area contributed by atoms with Gasteiger partial charge >= 0.3 is 0 Å². The molecule has 5 heteroatoms. The predicted molar refractivity (Wildman–Crippen MR) is 74.1 cm³/mol. The standard InChI is InChI=1S/C12H13BrClN3/c1-2-15-6-8-7-16-17-12(8)10-4-3-9(13)5-11(10)14/h3-5,7,15H,2,6H2,1H3,(H,16,17). The zero-order valence-electron chi connectivity index (χ0n) is 9.43. The Hall–Kier alpha value is -0.840. The summed E-state index contributed by atoms with van der Waals surface area (Å²) in [6, 6.07) is 5.84. The Kier molecular flexibility index (Phi) is 4.20. The topological polar surface area (TPSA) is 40.7 Å². The number of hydrogen-bond acceptors (Lipinski definition) is 2. The first kappa shape index (κ1) is 12.6. The summed E-state index contributed by atoms with van der Waals surface area (Å²) in [5.41, 5.74) is 3.07. The molecule has 0 radical (unpaired) electrons. The number of halogens is 2. The van der Waals surface area contributed by atoms with Crippen LogP contribution in [0.15, 0.2) is 28.9 Å². The molecule has 1 aromatic heterocycles. The highest BCUT2D eigenvalue weighted by Crippen LogP contribution is 2.31. The van der Waals surface area contributed by atoms with Crippen molar-refractivity contribution in [3.8, 4) is 11.3 Å². The summed E-state index contributed by atoms with van der Waals surface area (Å²) in [5, 5.41) is 11.1. The van der Waals surface area contributed by atoms with Gasteiger partial charge in [-0.3, -0.25) is 5.10 Å². The molecule has 2 rings (SSSR count). The van der Waals surface area contributed by atoms with E-state index >= 15 is 0 Å². The number of aromatic amines is 1. The van der Waals surface area contributed by atoms with E-state index in [0.29, 0.717) is 5.02 Å². The molecule has 17 heavy (non-hydrogen) atoms. The van der Waals surface area contributed by atoms with E-state index in [1.54, 1.807) is 0 Å². The molecule has 90 valence electrons. The first-order valence-electron chi connectivity index (χ1n) is 5.40. The summed E-state index contributed by atoms with van der Waals surface area (Å²) in [6.45, 7) is 3.79. The number of nitrogens with zero attached hydrogens (tertiary/aromatic N) is 1. The third-order valence-corrected chi connectivity index (χ3v) is 3.29. The lowest BCUT2D eigenvalue weighted by molar-refractivity contribution is 0.728. The van der Waals surface area contributed by atoms with Gasteiger partial charge in [-0.1, -0.05) is 40.5 Å². The fraction of sp³-hybridized carbons (Fsp3) is 0.250. The molecule has 2 N–H and O–H groups in total. The molecule has 1 aromatic carbocycles. The summed E-state index contributed by atoms with van der Waals surface area (Å²) < 4.78 is 0.971. The Bertz CT molecular complexity index is 510. The van der Waals surface area contributed by atoms with Crippen LogP contribution in [-0.2, 0) is 6.54 Å². The van der Waals surface area contributed by atoms with Crippen molar-refractivity contribution in [2.24, 2.45) is 0 Å². The summed E-state index contributed by atoms with van der Waals surface area (Å²) in [7, 11) is 0. The van der Waals surface area contributed by atoms with Crippen LogP contribution >= 0.6 is 27.5 Å². The molecule has 1 heterocycles. The summed E-state index contributed by atoms with van der Waals surface area (Å²) in [6.07, 6.45) is 1.83. The van der Waals surface area contributed by atoms with Gasteiger partial charge in [0.25, 0.3) is 0 Å². The van der Waals surface area contributed by atoms with E-state index in [0.717, 1.165) is 34.4 Å². The number of benzene rings is 1. The largest absolute Gasteiger partial charge is 0.313 e. The van der Waals surface area contributed by atoms with Crippen LogP contribution in [0.3, 0.4) is 0 Å². The molecule has 0 saturated heterocycles. The van der Waals surface area contributed by atoms with Gasteiger partial charge in [0.05, 0.1) is 16.9 Å². The van der Waals surface area contributed by atoms with Gasteiger partial charge in [-0.15, -0.1) is 0 Å². The summed E-state index contributed by atoms with van der Waals surface area (Å²) in [5.74, 6) is 0. The minimum atomic E-state index is 0.710. The van der Waals surface area contributed by atoms with Crippen molar-refractivity contribution in [3.05, 3.63) is 39.5 Å². The number of hydrogen-bond donors (Lipinski definition) is 2. The molecule has 2 aromatic rings. The molecule has 0 unspecified atom stereocenters. The molecule has 0 bridgehead atoms. The maximum absolute atomic E-state index is 6.23. The van der Waals surface area contributed by atoms with E-state index < -0.39 is 0 Å². The van der Waals surface area contributed by atoms with Gasteiger partial charge in [-0.05, 0) is 18.7 Å². The average Bonchev–Trinajstić information content (AvgIpc) is 2.74. The van der Waals surface area contributed by atoms with Crippen LogP contribution in [0.5, 0.6) is 0 Å². The van der Waals surface area contributed by atoms with E-state index in [1.807, 2.05) is 24.4 Å². The molecule has 0 fully saturated rings. The zero-order chi connectivity index (χ0) is 12.3. The van der Waals surface area contributed by atoms with Gasteiger partial charge in [0.1, 0.15) is 0 Å². The molecule has 3 nitrogen and oxygen atoms in total. The summed E-state index contributed by atoms with van der Waals surface area (Å²) in [4.78, 5) is 0. The molecule has 0 aliphatic carbocycles. The van der Waals surface area contributed by atoms with Crippen molar-refractivity contribution >= 4 is 27.5 Å². The van der Waals surface area contributed by atoms with Crippen LogP contribution in [0.25, 0.3) is 11.3 Å². The highest BCUT2D eigenvalue weighted by atomic mass is 79.9. The monoisotopic (exact) mass is 313 g/mol. The second-order valence-corrected chi connectivity index (χ2v) is 5.00. The molecule has 0 spiro atoms. The number of aromatic nitrogens is 2. The van der Waals surface area contributed by atoms with Crippen LogP contribution in [-0.4, -0.2) is 16.7 Å². The normalized spacial score (nSPS) is 10.8. The zero-order valence-corrected chi connectivity index (χ0v) is 11.8. The highest BCUT2D eigenvalue weighted by molar-refractivity contribution is 9.10. The third kappa shape index (κ3) is 2.89. The van der Waals surface area contributed by atoms with Gasteiger partial charge in [-0.25, -0.2) is 0 Å². The summed E-state index contributed by atoms with van der Waals surface area (Å²) >= 11 is 9.63. The van der Waals surface area contributed by atoms with Crippen molar-refractivity contribution in [1.82, 2.24) is 15.5 Å². The minimum Gasteiger partial charge on any atom is -0.313 e. The first-order chi connectivity index (χ1) is 8.22. The Labute approximate surface area is 114 Å². The van der Waals surface area contributed by atoms with Crippen molar-refractivity contribution in [2.75, 3.05) is 6.54 Å². The molecule has 0 aliphatic rings. The minimum absolute atomic E-state index is 0.710. The van der Waals surface area contributed by atoms with Crippen LogP contribution in [0.4, 0.5) is 0 Å². The van der Waals surface area contributed by atoms with Crippen LogP contribution in [0, 0.1) is 0 Å². The smallest absolute Gasteiger partial charge is 0.0710 e. The third-order valence-electron chi connectivity index (χ3n) is 2.48. The van der Waals surface area contributed by atoms with Crippen molar-refractivity contribution in [1.29, 1.82) is 0 Å². The fourth-order valence-electron chi connectivity index (χ4n) is 1.63. The van der Waals surface area contributed by atoms with Gasteiger partial charge < -0.3 is 5.32 Å². The van der Waals surface area contributed by atoms with Crippen LogP contribution in [0.2, 0.25) is 5.02 Å². The second kappa shape index (κ2) is 5.67. The van der Waals surface area contributed by atoms with E-state index in [2.05, 4.69) is 38.4 Å². The molecule has 0 amide bonds. The van der Waals surface area contributed by atoms with Crippen molar-refractivity contribution < 1.29 is 0 Å². The number of H-pyrrole nitrogens is 1. The van der Waals surface area contributed by atoms with Gasteiger partial charge in [0, 0.05) is 22.1 Å². The first-order valence-corrected chi connectivity index (χ1v) is 6.58. The van der Waals surface area contributed by atoms with Crippen molar-refractivity contribution in [2.45, 2.75) is 13.5 Å². The number of rotatable bonds is 4. The SMILES string of the molecule is CCNCc1cn[nH]c1-c1ccc(Br)cc1Cl. The lowest BCUT2D eigenvalue weighted by atomic mass is 10.1. The average molecular weight is 315 g/mol. The van der Waals surface area contributed by atoms with E-state index in [4.69, 9.17) is 11.6 Å². The predicted octanol–water partition coefficient (Wildman–Crippen LogP) is 3.60. The van der Waals surface area contributed by atoms with E-state index in [-0.39, 0.29) is 0 Å². The molecule has 0 atom stereocenters. The molecular formula is C12H13BrClN3. The van der Waals surface area contributed by atoms with E-state index in [9.17, 15) is 0 Å². The highest BCUT2D eigenvalue weighted by Gasteiger charge is 2.10. The molecule has 0 aliphatic heterocycles. The maximum Gasteiger partial charge on any atom is 0.0710 e. The Morgan fingerprint density at radius 1 is 1.47 bits per heavy atom. The van der Waals surface area contributed by atoms with Crippen LogP contribution in [0.1, 0.15) is 12.5 Å². The lowest BCUT2D eigenvalue weighted by Crippen LogP contribution is -2.11. The Morgan fingerprint density at radius 2 is 2.29 bits per heavy atom. The second-order valence-electron chi connectivity index (χ2n) is 3.67. The van der Waals surface area contributed by atoms with Crippen LogP contribution < -0.4 is 5.32 Å². The molecule has 0 saturated carbocycles. The molecular weight excluding hydrogens is 302 g/mol. The van der Waals surface area contributed by atoms with Gasteiger partial charge in [0.15, 0.2) is 0 Å². The Morgan fingerprint density at radius 3 is 3.00 bits per heavy atom. The van der Waals surface area contributed by atoms with Gasteiger partial charge in [-0.2, -0.15) is 5.10 Å². The van der Waals surface area contributed by atoms with Crippen molar-refractivity contribution in [3.63, 3.8) is 0 Å². The quantitative estimate of drug-likeness (QED) is 0.905.